The third kappa shape index (κ3) is 3.42. The Labute approximate surface area is 115 Å². The number of hydrogen-bond donors (Lipinski definition) is 1. The van der Waals surface area contributed by atoms with Crippen molar-refractivity contribution in [1.82, 2.24) is 0 Å². The Balaban J connectivity index is 2.18. The van der Waals surface area contributed by atoms with Gasteiger partial charge in [-0.2, -0.15) is 0 Å². The smallest absolute Gasteiger partial charge is 0.341 e. The summed E-state index contributed by atoms with van der Waals surface area (Å²) in [7, 11) is 0. The lowest BCUT2D eigenvalue weighted by Gasteiger charge is -2.13. The van der Waals surface area contributed by atoms with Crippen LogP contribution in [0.4, 0.5) is 0 Å². The second-order valence-corrected chi connectivity index (χ2v) is 6.86. The molecule has 0 spiro atoms. The van der Waals surface area contributed by atoms with Gasteiger partial charge in [-0.05, 0) is 31.8 Å². The van der Waals surface area contributed by atoms with Crippen LogP contribution < -0.4 is 0 Å². The quantitative estimate of drug-likeness (QED) is 0.490. The van der Waals surface area contributed by atoms with Gasteiger partial charge in [-0.25, -0.2) is 4.79 Å². The average Bonchev–Trinajstić information content (AvgIpc) is 2.83. The van der Waals surface area contributed by atoms with Crippen LogP contribution in [0.25, 0.3) is 0 Å². The topological polar surface area (TPSA) is 54.4 Å². The van der Waals surface area contributed by atoms with Crippen molar-refractivity contribution < 1.29 is 14.7 Å². The minimum absolute atomic E-state index is 0.0272. The molecule has 0 unspecified atom stereocenters. The molecule has 5 heteroatoms. The molecule has 1 N–H and O–H groups in total. The molecule has 1 saturated carbocycles. The van der Waals surface area contributed by atoms with E-state index < -0.39 is 5.97 Å². The molecule has 1 aliphatic carbocycles. The Hall–Kier alpha value is -0.680. The summed E-state index contributed by atoms with van der Waals surface area (Å²) in [5.41, 5.74) is 1.08. The molecule has 0 atom stereocenters. The summed E-state index contributed by atoms with van der Waals surface area (Å²) in [5, 5.41) is 9.20. The van der Waals surface area contributed by atoms with Crippen LogP contribution in [0.1, 0.15) is 32.1 Å². The lowest BCUT2D eigenvalue weighted by Crippen LogP contribution is -2.12. The highest BCUT2D eigenvalue weighted by atomic mass is 32.2. The Bertz CT molecular complexity index is 408. The summed E-state index contributed by atoms with van der Waals surface area (Å²) < 4.78 is 0.681. The molecule has 1 saturated heterocycles. The van der Waals surface area contributed by atoms with Gasteiger partial charge in [-0.3, -0.25) is 4.79 Å². The number of hydrogen-bond acceptors (Lipinski definition) is 4. The fourth-order valence-corrected chi connectivity index (χ4v) is 4.69. The fraction of sp³-hybridized carbons (Fsp3) is 0.538. The van der Waals surface area contributed by atoms with E-state index in [1.807, 2.05) is 0 Å². The van der Waals surface area contributed by atoms with Crippen molar-refractivity contribution >= 4 is 35.3 Å². The zero-order valence-electron chi connectivity index (χ0n) is 10.1. The van der Waals surface area contributed by atoms with Crippen LogP contribution in [0.2, 0.25) is 0 Å². The van der Waals surface area contributed by atoms with Gasteiger partial charge >= 0.3 is 5.97 Å². The summed E-state index contributed by atoms with van der Waals surface area (Å²) in [6.07, 6.45) is 6.88. The van der Waals surface area contributed by atoms with Gasteiger partial charge in [0, 0.05) is 11.5 Å². The van der Waals surface area contributed by atoms with Crippen LogP contribution in [-0.4, -0.2) is 28.4 Å². The van der Waals surface area contributed by atoms with Gasteiger partial charge in [0.25, 0.3) is 0 Å². The van der Waals surface area contributed by atoms with E-state index in [1.54, 1.807) is 6.08 Å². The lowest BCUT2D eigenvalue weighted by atomic mass is 9.93. The van der Waals surface area contributed by atoms with E-state index in [2.05, 4.69) is 0 Å². The predicted molar refractivity (Wildman–Crippen MR) is 75.8 cm³/mol. The molecule has 3 nitrogen and oxygen atoms in total. The molecule has 2 aliphatic rings. The van der Waals surface area contributed by atoms with Crippen molar-refractivity contribution in [1.29, 1.82) is 0 Å². The first kappa shape index (κ1) is 13.7. The van der Waals surface area contributed by atoms with E-state index in [1.165, 1.54) is 29.9 Å². The molecule has 1 aliphatic heterocycles. The molecular formula is C13H16O3S2. The molecule has 1 heterocycles. The molecule has 0 aromatic rings. The molecule has 18 heavy (non-hydrogen) atoms. The number of carboxylic acid groups (broad SMARTS) is 1. The average molecular weight is 284 g/mol. The van der Waals surface area contributed by atoms with Gasteiger partial charge in [0.1, 0.15) is 5.57 Å². The van der Waals surface area contributed by atoms with E-state index in [-0.39, 0.29) is 11.4 Å². The number of ketones is 1. The van der Waals surface area contributed by atoms with Crippen LogP contribution >= 0.6 is 23.5 Å². The van der Waals surface area contributed by atoms with E-state index >= 15 is 0 Å². The highest BCUT2D eigenvalue weighted by Gasteiger charge is 2.25. The Kier molecular flexibility index (Phi) is 4.95. The van der Waals surface area contributed by atoms with Crippen molar-refractivity contribution in [3.05, 3.63) is 21.5 Å². The molecule has 98 valence electrons. The fourth-order valence-electron chi connectivity index (χ4n) is 2.16. The van der Waals surface area contributed by atoms with Crippen molar-refractivity contribution in [3.8, 4) is 0 Å². The Morgan fingerprint density at radius 1 is 1.06 bits per heavy atom. The Morgan fingerprint density at radius 3 is 2.22 bits per heavy atom. The first-order chi connectivity index (χ1) is 8.68. The minimum atomic E-state index is -1.09. The molecule has 2 rings (SSSR count). The number of allylic oxidation sites excluding steroid dienone is 2. The number of rotatable bonds is 3. The first-order valence-corrected chi connectivity index (χ1v) is 8.12. The molecular weight excluding hydrogens is 268 g/mol. The number of aliphatic carboxylic acids is 1. The summed E-state index contributed by atoms with van der Waals surface area (Å²) in [5.74, 6) is 0.363. The van der Waals surface area contributed by atoms with Gasteiger partial charge in [-0.1, -0.05) is 12.0 Å². The monoisotopic (exact) mass is 284 g/mol. The number of carboxylic acids is 1. The van der Waals surface area contributed by atoms with Crippen LogP contribution in [0.15, 0.2) is 21.5 Å². The van der Waals surface area contributed by atoms with E-state index in [0.29, 0.717) is 4.24 Å². The third-order valence-electron chi connectivity index (χ3n) is 3.05. The second-order valence-electron chi connectivity index (χ2n) is 4.39. The summed E-state index contributed by atoms with van der Waals surface area (Å²) in [6.45, 7) is 0. The summed E-state index contributed by atoms with van der Waals surface area (Å²) in [4.78, 5) is 23.3. The van der Waals surface area contributed by atoms with Crippen LogP contribution in [0, 0.1) is 0 Å². The molecule has 0 radical (unpaired) electrons. The van der Waals surface area contributed by atoms with Gasteiger partial charge in [0.15, 0.2) is 5.78 Å². The maximum atomic E-state index is 12.1. The highest BCUT2D eigenvalue weighted by Crippen LogP contribution is 2.39. The standard InChI is InChI=1S/C13H16O3S2/c14-10(8-9-4-2-1-3-5-9)11(12(15)16)13-17-6-7-18-13/h8H,1-7H2,(H,15,16). The SMILES string of the molecule is O=C(O)C(C(=O)C=C1CCCCC1)=C1SCCS1. The maximum Gasteiger partial charge on any atom is 0.341 e. The number of carbonyl (C=O) groups excluding carboxylic acids is 1. The number of carbonyl (C=O) groups is 2. The second kappa shape index (κ2) is 6.48. The summed E-state index contributed by atoms with van der Waals surface area (Å²) in [6, 6.07) is 0. The van der Waals surface area contributed by atoms with E-state index in [4.69, 9.17) is 0 Å². The van der Waals surface area contributed by atoms with E-state index in [9.17, 15) is 14.7 Å². The van der Waals surface area contributed by atoms with Gasteiger partial charge in [-0.15, -0.1) is 23.5 Å². The first-order valence-electron chi connectivity index (χ1n) is 6.15. The Morgan fingerprint density at radius 2 is 1.67 bits per heavy atom. The van der Waals surface area contributed by atoms with Crippen molar-refractivity contribution in [2.45, 2.75) is 32.1 Å². The summed E-state index contributed by atoms with van der Waals surface area (Å²) >= 11 is 2.96. The van der Waals surface area contributed by atoms with Crippen LogP contribution in [-0.2, 0) is 9.59 Å². The predicted octanol–water partition coefficient (Wildman–Crippen LogP) is 3.22. The maximum absolute atomic E-state index is 12.1. The molecule has 0 bridgehead atoms. The molecule has 0 aromatic heterocycles. The minimum Gasteiger partial charge on any atom is -0.477 e. The molecule has 0 aromatic carbocycles. The van der Waals surface area contributed by atoms with Crippen molar-refractivity contribution in [2.75, 3.05) is 11.5 Å². The normalized spacial score (nSPS) is 19.8. The van der Waals surface area contributed by atoms with Gasteiger partial charge in [0.05, 0.1) is 4.24 Å². The molecule has 0 amide bonds. The largest absolute Gasteiger partial charge is 0.477 e. The third-order valence-corrected chi connectivity index (χ3v) is 5.76. The van der Waals surface area contributed by atoms with E-state index in [0.717, 1.165) is 42.8 Å². The zero-order chi connectivity index (χ0) is 13.0. The highest BCUT2D eigenvalue weighted by molar-refractivity contribution is 8.25. The van der Waals surface area contributed by atoms with Crippen molar-refractivity contribution in [2.24, 2.45) is 0 Å². The van der Waals surface area contributed by atoms with Gasteiger partial charge in [0.2, 0.25) is 0 Å². The van der Waals surface area contributed by atoms with Crippen LogP contribution in [0.3, 0.4) is 0 Å². The number of thioether (sulfide) groups is 2. The van der Waals surface area contributed by atoms with Crippen molar-refractivity contribution in [3.63, 3.8) is 0 Å². The molecule has 2 fully saturated rings. The van der Waals surface area contributed by atoms with Gasteiger partial charge < -0.3 is 5.11 Å². The van der Waals surface area contributed by atoms with Crippen LogP contribution in [0.5, 0.6) is 0 Å². The lowest BCUT2D eigenvalue weighted by molar-refractivity contribution is -0.134. The zero-order valence-corrected chi connectivity index (χ0v) is 11.7.